The molecule has 0 aromatic carbocycles. The highest BCUT2D eigenvalue weighted by Gasteiger charge is 2.34. The monoisotopic (exact) mass is 403 g/mol. The average Bonchev–Trinajstić information content (AvgIpc) is 3.44. The summed E-state index contributed by atoms with van der Waals surface area (Å²) >= 11 is 4.72. The Kier molecular flexibility index (Phi) is 5.14. The van der Waals surface area contributed by atoms with Crippen LogP contribution >= 0.6 is 34.0 Å². The minimum atomic E-state index is -0.391. The van der Waals surface area contributed by atoms with E-state index in [1.54, 1.807) is 27.6 Å². The van der Waals surface area contributed by atoms with Crippen LogP contribution in [0.2, 0.25) is 0 Å². The van der Waals surface area contributed by atoms with Crippen molar-refractivity contribution in [2.75, 3.05) is 6.54 Å². The molecule has 0 spiro atoms. The first-order valence-electron chi connectivity index (χ1n) is 8.31. The molecule has 1 fully saturated rings. The predicted octanol–water partition coefficient (Wildman–Crippen LogP) is 3.85. The molecule has 0 radical (unpaired) electrons. The van der Waals surface area contributed by atoms with Crippen molar-refractivity contribution in [3.05, 3.63) is 51.0 Å². The fourth-order valence-electron chi connectivity index (χ4n) is 3.03. The molecule has 0 aliphatic carbocycles. The number of thiazole rings is 1. The maximum Gasteiger partial charge on any atom is 0.255 e. The number of hydrogen-bond acceptors (Lipinski definition) is 6. The smallest absolute Gasteiger partial charge is 0.255 e. The third-order valence-corrected chi connectivity index (χ3v) is 6.93. The summed E-state index contributed by atoms with van der Waals surface area (Å²) in [5, 5.41) is 11.6. The number of rotatable bonds is 5. The molecule has 0 bridgehead atoms. The maximum atomic E-state index is 12.6. The summed E-state index contributed by atoms with van der Waals surface area (Å²) in [4.78, 5) is 32.6. The average molecular weight is 404 g/mol. The van der Waals surface area contributed by atoms with Crippen LogP contribution in [0.25, 0.3) is 9.88 Å². The molecule has 4 heterocycles. The van der Waals surface area contributed by atoms with Crippen molar-refractivity contribution in [1.82, 2.24) is 15.2 Å². The Labute approximate surface area is 163 Å². The zero-order chi connectivity index (χ0) is 17.9. The first-order valence-corrected chi connectivity index (χ1v) is 11.0. The zero-order valence-electron chi connectivity index (χ0n) is 13.9. The van der Waals surface area contributed by atoms with Crippen LogP contribution in [0.5, 0.6) is 0 Å². The fraction of sp³-hybridized carbons (Fsp3) is 0.278. The molecular weight excluding hydrogens is 386 g/mol. The standard InChI is InChI=1S/C18H17N3O2S3/c22-16(14-3-1-6-21(14)18(23)12-5-8-24-10-12)19-9-13-11-26-17(20-13)15-4-2-7-25-15/h2,4-5,7-8,10-11,14H,1,3,6,9H2,(H,19,22). The quantitative estimate of drug-likeness (QED) is 0.704. The molecule has 26 heavy (non-hydrogen) atoms. The van der Waals surface area contributed by atoms with E-state index in [-0.39, 0.29) is 11.8 Å². The normalized spacial score (nSPS) is 16.8. The number of carbonyl (C=O) groups is 2. The van der Waals surface area contributed by atoms with Gasteiger partial charge in [-0.15, -0.1) is 22.7 Å². The lowest BCUT2D eigenvalue weighted by atomic mass is 10.2. The summed E-state index contributed by atoms with van der Waals surface area (Å²) in [7, 11) is 0. The minimum Gasteiger partial charge on any atom is -0.349 e. The van der Waals surface area contributed by atoms with Crippen molar-refractivity contribution in [2.45, 2.75) is 25.4 Å². The van der Waals surface area contributed by atoms with Crippen LogP contribution in [-0.4, -0.2) is 34.3 Å². The summed E-state index contributed by atoms with van der Waals surface area (Å²) in [6, 6.07) is 5.46. The lowest BCUT2D eigenvalue weighted by Crippen LogP contribution is -2.45. The summed E-state index contributed by atoms with van der Waals surface area (Å²) < 4.78 is 0. The number of hydrogen-bond donors (Lipinski definition) is 1. The highest BCUT2D eigenvalue weighted by atomic mass is 32.1. The molecule has 0 saturated carbocycles. The van der Waals surface area contributed by atoms with E-state index in [2.05, 4.69) is 10.3 Å². The van der Waals surface area contributed by atoms with Gasteiger partial charge < -0.3 is 10.2 Å². The molecule has 3 aromatic rings. The van der Waals surface area contributed by atoms with Gasteiger partial charge in [-0.25, -0.2) is 4.98 Å². The molecule has 1 atom stereocenters. The minimum absolute atomic E-state index is 0.0578. The Balaban J connectivity index is 1.38. The lowest BCUT2D eigenvalue weighted by Gasteiger charge is -2.23. The van der Waals surface area contributed by atoms with Gasteiger partial charge >= 0.3 is 0 Å². The van der Waals surface area contributed by atoms with Gasteiger partial charge in [0.05, 0.1) is 22.7 Å². The summed E-state index contributed by atoms with van der Waals surface area (Å²) in [6.07, 6.45) is 1.56. The maximum absolute atomic E-state index is 12.6. The number of likely N-dealkylation sites (tertiary alicyclic amines) is 1. The Morgan fingerprint density at radius 2 is 2.15 bits per heavy atom. The van der Waals surface area contributed by atoms with Gasteiger partial charge in [0.2, 0.25) is 5.91 Å². The lowest BCUT2D eigenvalue weighted by molar-refractivity contribution is -0.125. The van der Waals surface area contributed by atoms with Gasteiger partial charge in [0, 0.05) is 17.3 Å². The second kappa shape index (κ2) is 7.69. The molecule has 1 saturated heterocycles. The van der Waals surface area contributed by atoms with Gasteiger partial charge in [-0.3, -0.25) is 9.59 Å². The van der Waals surface area contributed by atoms with Gasteiger partial charge in [0.1, 0.15) is 11.0 Å². The van der Waals surface area contributed by atoms with Crippen molar-refractivity contribution in [2.24, 2.45) is 0 Å². The number of aromatic nitrogens is 1. The van der Waals surface area contributed by atoms with Crippen LogP contribution in [0.15, 0.2) is 39.7 Å². The SMILES string of the molecule is O=C(NCc1csc(-c2cccs2)n1)C1CCCN1C(=O)c1ccsc1. The largest absolute Gasteiger partial charge is 0.349 e. The van der Waals surface area contributed by atoms with Crippen molar-refractivity contribution in [3.8, 4) is 9.88 Å². The highest BCUT2D eigenvalue weighted by molar-refractivity contribution is 7.20. The second-order valence-electron chi connectivity index (χ2n) is 6.01. The number of nitrogens with zero attached hydrogens (tertiary/aromatic N) is 2. The van der Waals surface area contributed by atoms with E-state index in [4.69, 9.17) is 0 Å². The molecule has 4 rings (SSSR count). The van der Waals surface area contributed by atoms with Crippen LogP contribution in [0.4, 0.5) is 0 Å². The fourth-order valence-corrected chi connectivity index (χ4v) is 5.30. The molecular formula is C18H17N3O2S3. The molecule has 1 N–H and O–H groups in total. The molecule has 1 aliphatic rings. The van der Waals surface area contributed by atoms with E-state index in [1.807, 2.05) is 39.7 Å². The summed E-state index contributed by atoms with van der Waals surface area (Å²) in [5.74, 6) is -0.158. The van der Waals surface area contributed by atoms with Crippen LogP contribution in [0.3, 0.4) is 0 Å². The van der Waals surface area contributed by atoms with Gasteiger partial charge in [0.25, 0.3) is 5.91 Å². The Morgan fingerprint density at radius 3 is 2.92 bits per heavy atom. The summed E-state index contributed by atoms with van der Waals surface area (Å²) in [5.41, 5.74) is 1.51. The molecule has 134 valence electrons. The van der Waals surface area contributed by atoms with Crippen LogP contribution in [0, 0.1) is 0 Å². The number of nitrogens with one attached hydrogen (secondary N) is 1. The highest BCUT2D eigenvalue weighted by Crippen LogP contribution is 2.28. The van der Waals surface area contributed by atoms with E-state index in [0.29, 0.717) is 25.1 Å². The van der Waals surface area contributed by atoms with Gasteiger partial charge in [-0.05, 0) is 35.7 Å². The molecule has 1 unspecified atom stereocenters. The third kappa shape index (κ3) is 3.58. The molecule has 3 aromatic heterocycles. The van der Waals surface area contributed by atoms with Crippen LogP contribution in [-0.2, 0) is 11.3 Å². The third-order valence-electron chi connectivity index (χ3n) is 4.31. The molecule has 8 heteroatoms. The van der Waals surface area contributed by atoms with E-state index in [0.717, 1.165) is 22.0 Å². The summed E-state index contributed by atoms with van der Waals surface area (Å²) in [6.45, 7) is 1.02. The van der Waals surface area contributed by atoms with Gasteiger partial charge in [0.15, 0.2) is 0 Å². The van der Waals surface area contributed by atoms with Crippen molar-refractivity contribution in [3.63, 3.8) is 0 Å². The molecule has 2 amide bonds. The van der Waals surface area contributed by atoms with Crippen LogP contribution in [0.1, 0.15) is 28.9 Å². The van der Waals surface area contributed by atoms with Gasteiger partial charge in [-0.1, -0.05) is 6.07 Å². The topological polar surface area (TPSA) is 62.3 Å². The van der Waals surface area contributed by atoms with E-state index < -0.39 is 6.04 Å². The number of carbonyl (C=O) groups excluding carboxylic acids is 2. The van der Waals surface area contributed by atoms with Crippen LogP contribution < -0.4 is 5.32 Å². The molecule has 5 nitrogen and oxygen atoms in total. The molecule has 1 aliphatic heterocycles. The van der Waals surface area contributed by atoms with Crippen molar-refractivity contribution >= 4 is 45.8 Å². The van der Waals surface area contributed by atoms with E-state index >= 15 is 0 Å². The van der Waals surface area contributed by atoms with E-state index in [1.165, 1.54) is 11.3 Å². The first-order chi connectivity index (χ1) is 12.7. The van der Waals surface area contributed by atoms with E-state index in [9.17, 15) is 9.59 Å². The predicted molar refractivity (Wildman–Crippen MR) is 106 cm³/mol. The van der Waals surface area contributed by atoms with Crippen molar-refractivity contribution in [1.29, 1.82) is 0 Å². The zero-order valence-corrected chi connectivity index (χ0v) is 16.3. The number of thiophene rings is 2. The number of amides is 2. The Bertz CT molecular complexity index is 887. The van der Waals surface area contributed by atoms with Gasteiger partial charge in [-0.2, -0.15) is 11.3 Å². The Hall–Kier alpha value is -2.03. The Morgan fingerprint density at radius 1 is 1.23 bits per heavy atom. The van der Waals surface area contributed by atoms with Crippen molar-refractivity contribution < 1.29 is 9.59 Å². The second-order valence-corrected chi connectivity index (χ2v) is 8.59. The first kappa shape index (κ1) is 17.4.